The van der Waals surface area contributed by atoms with E-state index in [9.17, 15) is 4.79 Å². The van der Waals surface area contributed by atoms with Gasteiger partial charge in [-0.1, -0.05) is 18.2 Å². The van der Waals surface area contributed by atoms with E-state index in [0.29, 0.717) is 11.8 Å². The summed E-state index contributed by atoms with van der Waals surface area (Å²) in [6, 6.07) is 10.7. The number of amides is 1. The van der Waals surface area contributed by atoms with E-state index in [1.807, 2.05) is 0 Å². The molecule has 2 fully saturated rings. The second-order valence-electron chi connectivity index (χ2n) is 8.55. The maximum atomic E-state index is 12.6. The number of hydrogen-bond donors (Lipinski definition) is 0. The lowest BCUT2D eigenvalue weighted by atomic mass is 9.92. The Morgan fingerprint density at radius 2 is 1.79 bits per heavy atom. The fraction of sp³-hybridized carbons (Fsp3) is 0.565. The van der Waals surface area contributed by atoms with Crippen LogP contribution in [0.3, 0.4) is 0 Å². The largest absolute Gasteiger partial charge is 0.340 e. The van der Waals surface area contributed by atoms with Gasteiger partial charge < -0.3 is 9.80 Å². The highest BCUT2D eigenvalue weighted by Crippen LogP contribution is 2.25. The van der Waals surface area contributed by atoms with Crippen LogP contribution in [0.25, 0.3) is 10.9 Å². The minimum Gasteiger partial charge on any atom is -0.340 e. The highest BCUT2D eigenvalue weighted by atomic mass is 16.2. The maximum Gasteiger partial charge on any atom is 0.222 e. The van der Waals surface area contributed by atoms with Crippen LogP contribution >= 0.6 is 0 Å². The number of nitrogens with zero attached hydrogens (tertiary/aromatic N) is 4. The monoisotopic (exact) mass is 380 g/mol. The fourth-order valence-corrected chi connectivity index (χ4v) is 4.55. The summed E-state index contributed by atoms with van der Waals surface area (Å²) in [5, 5.41) is 1.26. The Balaban J connectivity index is 1.31. The Morgan fingerprint density at radius 1 is 1.07 bits per heavy atom. The summed E-state index contributed by atoms with van der Waals surface area (Å²) in [6.45, 7) is 9.00. The van der Waals surface area contributed by atoms with Crippen LogP contribution < -0.4 is 0 Å². The van der Waals surface area contributed by atoms with Gasteiger partial charge in [0.05, 0.1) is 5.52 Å². The molecule has 5 nitrogen and oxygen atoms in total. The highest BCUT2D eigenvalue weighted by molar-refractivity contribution is 5.82. The third kappa shape index (κ3) is 4.53. The summed E-state index contributed by atoms with van der Waals surface area (Å²) >= 11 is 0. The average Bonchev–Trinajstić information content (AvgIpc) is 2.70. The predicted octanol–water partition coefficient (Wildman–Crippen LogP) is 2.92. The molecule has 0 atom stereocenters. The number of benzene rings is 1. The summed E-state index contributed by atoms with van der Waals surface area (Å²) in [4.78, 5) is 24.2. The molecule has 4 rings (SSSR count). The zero-order valence-electron chi connectivity index (χ0n) is 17.2. The molecule has 2 aliphatic heterocycles. The topological polar surface area (TPSA) is 39.7 Å². The van der Waals surface area contributed by atoms with Gasteiger partial charge in [0.15, 0.2) is 0 Å². The van der Waals surface area contributed by atoms with Crippen molar-refractivity contribution >= 4 is 16.8 Å². The van der Waals surface area contributed by atoms with Crippen LogP contribution in [0.15, 0.2) is 30.3 Å². The lowest BCUT2D eigenvalue weighted by Crippen LogP contribution is -2.47. The fourth-order valence-electron chi connectivity index (χ4n) is 4.55. The molecule has 3 heterocycles. The van der Waals surface area contributed by atoms with Crippen molar-refractivity contribution in [3.05, 3.63) is 41.6 Å². The minimum atomic E-state index is 0.363. The summed E-state index contributed by atoms with van der Waals surface area (Å²) in [6.07, 6.45) is 2.98. The van der Waals surface area contributed by atoms with Gasteiger partial charge in [0, 0.05) is 50.2 Å². The zero-order valence-corrected chi connectivity index (χ0v) is 17.2. The lowest BCUT2D eigenvalue weighted by molar-refractivity contribution is -0.134. The van der Waals surface area contributed by atoms with E-state index in [0.717, 1.165) is 76.3 Å². The number of aromatic nitrogens is 1. The SMILES string of the molecule is Cc1cc(CN2CCC(CC(=O)N3CCN(C)CC3)CC2)c2ccccc2n1. The van der Waals surface area contributed by atoms with Crippen molar-refractivity contribution < 1.29 is 4.79 Å². The molecule has 0 saturated carbocycles. The summed E-state index contributed by atoms with van der Waals surface area (Å²) < 4.78 is 0. The Hall–Kier alpha value is -1.98. The summed E-state index contributed by atoms with van der Waals surface area (Å²) in [5.41, 5.74) is 3.54. The average molecular weight is 381 g/mol. The molecular weight excluding hydrogens is 348 g/mol. The van der Waals surface area contributed by atoms with Crippen LogP contribution in [-0.4, -0.2) is 71.9 Å². The van der Waals surface area contributed by atoms with E-state index in [2.05, 4.69) is 64.0 Å². The molecule has 1 aromatic heterocycles. The van der Waals surface area contributed by atoms with Crippen LogP contribution in [0.1, 0.15) is 30.5 Å². The molecule has 0 unspecified atom stereocenters. The van der Waals surface area contributed by atoms with Crippen molar-refractivity contribution in [2.24, 2.45) is 5.92 Å². The van der Waals surface area contributed by atoms with E-state index >= 15 is 0 Å². The number of likely N-dealkylation sites (N-methyl/N-ethyl adjacent to an activating group) is 1. The first-order valence-electron chi connectivity index (χ1n) is 10.6. The third-order valence-corrected chi connectivity index (χ3v) is 6.35. The van der Waals surface area contributed by atoms with E-state index < -0.39 is 0 Å². The van der Waals surface area contributed by atoms with Gasteiger partial charge in [-0.05, 0) is 63.5 Å². The molecule has 1 amide bonds. The molecule has 0 bridgehead atoms. The number of likely N-dealkylation sites (tertiary alicyclic amines) is 1. The molecule has 0 spiro atoms. The number of aryl methyl sites for hydroxylation is 1. The third-order valence-electron chi connectivity index (χ3n) is 6.35. The second kappa shape index (κ2) is 8.58. The number of para-hydroxylation sites is 1. The van der Waals surface area contributed by atoms with Crippen LogP contribution in [0, 0.1) is 12.8 Å². The van der Waals surface area contributed by atoms with Crippen LogP contribution in [0.5, 0.6) is 0 Å². The predicted molar refractivity (Wildman–Crippen MR) is 113 cm³/mol. The van der Waals surface area contributed by atoms with E-state index in [4.69, 9.17) is 0 Å². The number of carbonyl (C=O) groups excluding carboxylic acids is 1. The summed E-state index contributed by atoms with van der Waals surface area (Å²) in [7, 11) is 2.13. The molecule has 150 valence electrons. The molecule has 28 heavy (non-hydrogen) atoms. The number of carbonyl (C=O) groups is 1. The van der Waals surface area contributed by atoms with Crippen LogP contribution in [0.4, 0.5) is 0 Å². The van der Waals surface area contributed by atoms with Crippen LogP contribution in [-0.2, 0) is 11.3 Å². The standard InChI is InChI=1S/C23H32N4O/c1-18-15-20(21-5-3-4-6-22(21)24-18)17-26-9-7-19(8-10-26)16-23(28)27-13-11-25(2)12-14-27/h3-6,15,19H,7-14,16-17H2,1-2H3. The lowest BCUT2D eigenvalue weighted by Gasteiger charge is -2.35. The molecule has 2 saturated heterocycles. The molecular formula is C23H32N4O. The maximum absolute atomic E-state index is 12.6. The Bertz CT molecular complexity index is 820. The quantitative estimate of drug-likeness (QED) is 0.818. The molecule has 0 radical (unpaired) electrons. The Labute approximate surface area is 168 Å². The van der Waals surface area contributed by atoms with Gasteiger partial charge >= 0.3 is 0 Å². The van der Waals surface area contributed by atoms with Gasteiger partial charge in [-0.3, -0.25) is 14.7 Å². The number of rotatable bonds is 4. The molecule has 2 aromatic rings. The van der Waals surface area contributed by atoms with E-state index in [1.54, 1.807) is 0 Å². The van der Waals surface area contributed by atoms with Gasteiger partial charge in [-0.2, -0.15) is 0 Å². The first kappa shape index (κ1) is 19.3. The normalized spacial score (nSPS) is 20.0. The minimum absolute atomic E-state index is 0.363. The van der Waals surface area contributed by atoms with Crippen LogP contribution in [0.2, 0.25) is 0 Å². The molecule has 0 aliphatic carbocycles. The van der Waals surface area contributed by atoms with Crippen molar-refractivity contribution in [1.82, 2.24) is 19.7 Å². The smallest absolute Gasteiger partial charge is 0.222 e. The van der Waals surface area contributed by atoms with Crippen molar-refractivity contribution in [3.63, 3.8) is 0 Å². The highest BCUT2D eigenvalue weighted by Gasteiger charge is 2.25. The Kier molecular flexibility index (Phi) is 5.93. The molecule has 2 aliphatic rings. The van der Waals surface area contributed by atoms with Crippen molar-refractivity contribution in [2.45, 2.75) is 32.7 Å². The first-order chi connectivity index (χ1) is 13.6. The number of pyridine rings is 1. The second-order valence-corrected chi connectivity index (χ2v) is 8.55. The van der Waals surface area contributed by atoms with Gasteiger partial charge in [-0.25, -0.2) is 0 Å². The molecule has 0 N–H and O–H groups in total. The Morgan fingerprint density at radius 3 is 2.54 bits per heavy atom. The van der Waals surface area contributed by atoms with Crippen molar-refractivity contribution in [2.75, 3.05) is 46.3 Å². The van der Waals surface area contributed by atoms with Gasteiger partial charge in [0.2, 0.25) is 5.91 Å². The summed E-state index contributed by atoms with van der Waals surface area (Å²) in [5.74, 6) is 0.904. The van der Waals surface area contributed by atoms with Gasteiger partial charge in [0.25, 0.3) is 0 Å². The van der Waals surface area contributed by atoms with Gasteiger partial charge in [-0.15, -0.1) is 0 Å². The van der Waals surface area contributed by atoms with E-state index in [1.165, 1.54) is 10.9 Å². The van der Waals surface area contributed by atoms with Gasteiger partial charge in [0.1, 0.15) is 0 Å². The number of piperazine rings is 1. The number of piperidine rings is 1. The molecule has 1 aromatic carbocycles. The van der Waals surface area contributed by atoms with E-state index in [-0.39, 0.29) is 0 Å². The zero-order chi connectivity index (χ0) is 19.5. The number of fused-ring (bicyclic) bond motifs is 1. The number of hydrogen-bond acceptors (Lipinski definition) is 4. The van der Waals surface area contributed by atoms with Crippen molar-refractivity contribution in [3.8, 4) is 0 Å². The molecule has 5 heteroatoms. The first-order valence-corrected chi connectivity index (χ1v) is 10.6. The van der Waals surface area contributed by atoms with Crippen molar-refractivity contribution in [1.29, 1.82) is 0 Å².